The van der Waals surface area contributed by atoms with E-state index < -0.39 is 0 Å². The number of fused-ring (bicyclic) bond motifs is 6. The molecule has 0 saturated carbocycles. The maximum atomic E-state index is 6.78. The molecule has 0 N–H and O–H groups in total. The summed E-state index contributed by atoms with van der Waals surface area (Å²) >= 11 is 0. The zero-order valence-corrected chi connectivity index (χ0v) is 31.0. The molecule has 0 atom stereocenters. The van der Waals surface area contributed by atoms with Gasteiger partial charge in [0.2, 0.25) is 0 Å². The Kier molecular flexibility index (Phi) is 7.82. The molecule has 0 bridgehead atoms. The maximum Gasteiger partial charge on any atom is 0.144 e. The fraction of sp³-hybridized carbons (Fsp3) is 0. The van der Waals surface area contributed by atoms with Crippen molar-refractivity contribution in [1.29, 1.82) is 0 Å². The summed E-state index contributed by atoms with van der Waals surface area (Å²) in [6, 6.07) is 75.0. The van der Waals surface area contributed by atoms with Crippen molar-refractivity contribution in [3.63, 3.8) is 0 Å². The van der Waals surface area contributed by atoms with Crippen molar-refractivity contribution in [2.45, 2.75) is 0 Å². The van der Waals surface area contributed by atoms with Crippen molar-refractivity contribution < 1.29 is 8.83 Å². The van der Waals surface area contributed by atoms with Gasteiger partial charge in [-0.3, -0.25) is 0 Å². The van der Waals surface area contributed by atoms with Crippen LogP contribution in [0.15, 0.2) is 221 Å². The zero-order chi connectivity index (χ0) is 37.7. The molecular formula is C54H35NO2. The van der Waals surface area contributed by atoms with E-state index in [1.54, 1.807) is 0 Å². The Balaban J connectivity index is 1.07. The van der Waals surface area contributed by atoms with Crippen molar-refractivity contribution >= 4 is 60.9 Å². The van der Waals surface area contributed by atoms with Gasteiger partial charge in [-0.05, 0) is 88.0 Å². The Morgan fingerprint density at radius 2 is 0.754 bits per heavy atom. The van der Waals surface area contributed by atoms with Crippen molar-refractivity contribution in [2.24, 2.45) is 0 Å². The van der Waals surface area contributed by atoms with Crippen molar-refractivity contribution in [1.82, 2.24) is 0 Å². The molecule has 3 heteroatoms. The predicted molar refractivity (Wildman–Crippen MR) is 237 cm³/mol. The Hall–Kier alpha value is -7.62. The highest BCUT2D eigenvalue weighted by Gasteiger charge is 2.21. The fourth-order valence-electron chi connectivity index (χ4n) is 8.37. The molecule has 0 amide bonds. The van der Waals surface area contributed by atoms with Crippen LogP contribution in [0.4, 0.5) is 17.1 Å². The Morgan fingerprint density at radius 3 is 1.42 bits per heavy atom. The third-order valence-electron chi connectivity index (χ3n) is 11.1. The topological polar surface area (TPSA) is 29.5 Å². The normalized spacial score (nSPS) is 11.5. The zero-order valence-electron chi connectivity index (χ0n) is 31.0. The molecule has 3 nitrogen and oxygen atoms in total. The highest BCUT2D eigenvalue weighted by atomic mass is 16.3. The van der Waals surface area contributed by atoms with Crippen LogP contribution in [-0.2, 0) is 0 Å². The lowest BCUT2D eigenvalue weighted by Gasteiger charge is -2.26. The van der Waals surface area contributed by atoms with E-state index in [9.17, 15) is 0 Å². The molecule has 2 heterocycles. The smallest absolute Gasteiger partial charge is 0.144 e. The number of para-hydroxylation sites is 3. The van der Waals surface area contributed by atoms with Gasteiger partial charge >= 0.3 is 0 Å². The molecule has 268 valence electrons. The van der Waals surface area contributed by atoms with Crippen LogP contribution in [0.3, 0.4) is 0 Å². The van der Waals surface area contributed by atoms with E-state index in [1.165, 1.54) is 22.3 Å². The van der Waals surface area contributed by atoms with Crippen LogP contribution in [0.1, 0.15) is 0 Å². The van der Waals surface area contributed by atoms with Crippen LogP contribution in [0.25, 0.3) is 88.4 Å². The molecule has 0 aliphatic heterocycles. The number of furan rings is 2. The highest BCUT2D eigenvalue weighted by molar-refractivity contribution is 6.19. The molecule has 0 fully saturated rings. The van der Waals surface area contributed by atoms with Crippen LogP contribution < -0.4 is 4.90 Å². The molecular weight excluding hydrogens is 695 g/mol. The molecule has 11 aromatic rings. The minimum atomic E-state index is 0.844. The minimum Gasteiger partial charge on any atom is -0.455 e. The predicted octanol–water partition coefficient (Wildman–Crippen LogP) is 15.6. The lowest BCUT2D eigenvalue weighted by molar-refractivity contribution is 0.665. The number of nitrogens with zero attached hydrogens (tertiary/aromatic N) is 1. The summed E-state index contributed by atoms with van der Waals surface area (Å²) in [5.41, 5.74) is 15.6. The standard InChI is InChI=1S/C54H35NO2/c1-3-13-36(14-4-1)38-25-29-41(30-26-38)55(42-31-27-39(28-32-42)37-15-5-2-6-16-37)43-18-11-17-40(35-43)44-33-34-48(54-52(44)49-20-8-10-24-51(49)57-54)47-22-12-21-46-45-19-7-9-23-50(45)56-53(46)47/h1-35H. The van der Waals surface area contributed by atoms with Gasteiger partial charge in [0, 0.05) is 49.7 Å². The summed E-state index contributed by atoms with van der Waals surface area (Å²) in [4.78, 5) is 2.34. The first kappa shape index (κ1) is 32.8. The molecule has 2 aromatic heterocycles. The SMILES string of the molecule is c1ccc(-c2ccc(N(c3ccc(-c4ccccc4)cc3)c3cccc(-c4ccc(-c5cccc6c5oc5ccccc56)c5oc6ccccc6c45)c3)cc2)cc1. The summed E-state index contributed by atoms with van der Waals surface area (Å²) < 4.78 is 13.3. The molecule has 0 aliphatic rings. The first-order valence-electron chi connectivity index (χ1n) is 19.3. The summed E-state index contributed by atoms with van der Waals surface area (Å²) in [7, 11) is 0. The Bertz CT molecular complexity index is 3130. The average molecular weight is 730 g/mol. The monoisotopic (exact) mass is 729 g/mol. The lowest BCUT2D eigenvalue weighted by Crippen LogP contribution is -2.10. The molecule has 0 unspecified atom stereocenters. The van der Waals surface area contributed by atoms with Crippen LogP contribution >= 0.6 is 0 Å². The van der Waals surface area contributed by atoms with Gasteiger partial charge in [0.25, 0.3) is 0 Å². The second kappa shape index (κ2) is 13.6. The summed E-state index contributed by atoms with van der Waals surface area (Å²) in [5.74, 6) is 0. The van der Waals surface area contributed by atoms with E-state index >= 15 is 0 Å². The van der Waals surface area contributed by atoms with E-state index in [0.29, 0.717) is 0 Å². The van der Waals surface area contributed by atoms with Gasteiger partial charge < -0.3 is 13.7 Å². The van der Waals surface area contributed by atoms with Crippen LogP contribution in [0.2, 0.25) is 0 Å². The van der Waals surface area contributed by atoms with Crippen LogP contribution in [-0.4, -0.2) is 0 Å². The lowest BCUT2D eigenvalue weighted by atomic mass is 9.93. The van der Waals surface area contributed by atoms with Gasteiger partial charge in [-0.25, -0.2) is 0 Å². The molecule has 57 heavy (non-hydrogen) atoms. The third kappa shape index (κ3) is 5.68. The Morgan fingerprint density at radius 1 is 0.281 bits per heavy atom. The second-order valence-corrected chi connectivity index (χ2v) is 14.5. The average Bonchev–Trinajstić information content (AvgIpc) is 3.87. The molecule has 9 aromatic carbocycles. The molecule has 0 radical (unpaired) electrons. The quantitative estimate of drug-likeness (QED) is 0.164. The number of hydrogen-bond donors (Lipinski definition) is 0. The second-order valence-electron chi connectivity index (χ2n) is 14.5. The van der Waals surface area contributed by atoms with Gasteiger partial charge in [0.05, 0.1) is 0 Å². The summed E-state index contributed by atoms with van der Waals surface area (Å²) in [6.45, 7) is 0. The number of hydrogen-bond acceptors (Lipinski definition) is 3. The highest BCUT2D eigenvalue weighted by Crippen LogP contribution is 2.46. The van der Waals surface area contributed by atoms with Gasteiger partial charge in [-0.15, -0.1) is 0 Å². The van der Waals surface area contributed by atoms with E-state index in [2.05, 4.69) is 199 Å². The van der Waals surface area contributed by atoms with E-state index in [1.807, 2.05) is 18.2 Å². The van der Waals surface area contributed by atoms with Crippen molar-refractivity contribution in [2.75, 3.05) is 4.90 Å². The fourth-order valence-corrected chi connectivity index (χ4v) is 8.37. The van der Waals surface area contributed by atoms with E-state index in [-0.39, 0.29) is 0 Å². The van der Waals surface area contributed by atoms with E-state index in [4.69, 9.17) is 8.83 Å². The minimum absolute atomic E-state index is 0.844. The van der Waals surface area contributed by atoms with Gasteiger partial charge in [0.15, 0.2) is 0 Å². The first-order valence-corrected chi connectivity index (χ1v) is 19.3. The number of benzene rings is 9. The summed E-state index contributed by atoms with van der Waals surface area (Å²) in [6.07, 6.45) is 0. The van der Waals surface area contributed by atoms with Crippen molar-refractivity contribution in [3.05, 3.63) is 212 Å². The Labute approximate surface area is 330 Å². The van der Waals surface area contributed by atoms with Gasteiger partial charge in [0.1, 0.15) is 22.3 Å². The molecule has 0 saturated heterocycles. The third-order valence-corrected chi connectivity index (χ3v) is 11.1. The largest absolute Gasteiger partial charge is 0.455 e. The molecule has 0 spiro atoms. The van der Waals surface area contributed by atoms with Gasteiger partial charge in [-0.1, -0.05) is 158 Å². The number of anilines is 3. The van der Waals surface area contributed by atoms with Crippen LogP contribution in [0.5, 0.6) is 0 Å². The summed E-state index contributed by atoms with van der Waals surface area (Å²) in [5, 5.41) is 4.37. The van der Waals surface area contributed by atoms with Crippen molar-refractivity contribution in [3.8, 4) is 44.5 Å². The number of rotatable bonds is 7. The van der Waals surface area contributed by atoms with Crippen LogP contribution in [0, 0.1) is 0 Å². The van der Waals surface area contributed by atoms with E-state index in [0.717, 1.165) is 83.2 Å². The molecule has 0 aliphatic carbocycles. The maximum absolute atomic E-state index is 6.78. The van der Waals surface area contributed by atoms with Gasteiger partial charge in [-0.2, -0.15) is 0 Å². The molecule has 11 rings (SSSR count). The first-order chi connectivity index (χ1) is 28.3.